The predicted octanol–water partition coefficient (Wildman–Crippen LogP) is 5.49. The topological polar surface area (TPSA) is 23.8 Å². The van der Waals surface area contributed by atoms with E-state index in [4.69, 9.17) is 5.26 Å². The molecule has 0 heterocycles. The zero-order valence-corrected chi connectivity index (χ0v) is 12.8. The Bertz CT molecular complexity index is 418. The molecule has 1 nitrogen and oxygen atoms in total. The molecule has 2 rings (SSSR count). The summed E-state index contributed by atoms with van der Waals surface area (Å²) in [6, 6.07) is 10.3. The minimum Gasteiger partial charge on any atom is -0.192 e. The summed E-state index contributed by atoms with van der Waals surface area (Å²) in [5.74, 6) is 1.95. The summed E-state index contributed by atoms with van der Waals surface area (Å²) < 4.78 is 0. The Labute approximate surface area is 124 Å². The second kappa shape index (κ2) is 8.10. The van der Waals surface area contributed by atoms with Crippen LogP contribution in [0.2, 0.25) is 0 Å². The lowest BCUT2D eigenvalue weighted by molar-refractivity contribution is 0.250. The Hall–Kier alpha value is -1.29. The predicted molar refractivity (Wildman–Crippen MR) is 84.5 cm³/mol. The largest absolute Gasteiger partial charge is 0.192 e. The van der Waals surface area contributed by atoms with E-state index in [0.29, 0.717) is 0 Å². The molecule has 0 aromatic heterocycles. The van der Waals surface area contributed by atoms with Gasteiger partial charge in [-0.05, 0) is 42.4 Å². The number of hydrogen-bond donors (Lipinski definition) is 0. The second-order valence-corrected chi connectivity index (χ2v) is 6.38. The lowest BCUT2D eigenvalue weighted by Gasteiger charge is -2.28. The maximum Gasteiger partial charge on any atom is 0.0991 e. The maximum absolute atomic E-state index is 8.80. The molecule has 1 aliphatic rings. The van der Waals surface area contributed by atoms with Crippen LogP contribution in [0.25, 0.3) is 0 Å². The molecule has 0 bridgehead atoms. The van der Waals surface area contributed by atoms with Crippen LogP contribution in [-0.2, 0) is 6.42 Å². The molecule has 1 aliphatic carbocycles. The fourth-order valence-corrected chi connectivity index (χ4v) is 3.42. The first kappa shape index (κ1) is 15.1. The van der Waals surface area contributed by atoms with E-state index in [9.17, 15) is 0 Å². The number of rotatable bonds is 6. The van der Waals surface area contributed by atoms with Crippen molar-refractivity contribution < 1.29 is 0 Å². The fraction of sp³-hybridized carbons (Fsp3) is 0.632. The number of nitriles is 1. The van der Waals surface area contributed by atoms with Crippen molar-refractivity contribution in [2.75, 3.05) is 0 Å². The van der Waals surface area contributed by atoms with Crippen LogP contribution in [0.3, 0.4) is 0 Å². The summed E-state index contributed by atoms with van der Waals surface area (Å²) in [4.78, 5) is 0. The zero-order chi connectivity index (χ0) is 14.2. The minimum atomic E-state index is 0.769. The van der Waals surface area contributed by atoms with Crippen LogP contribution in [0.1, 0.15) is 69.4 Å². The number of hydrogen-bond acceptors (Lipinski definition) is 1. The molecule has 1 aromatic carbocycles. The van der Waals surface area contributed by atoms with Gasteiger partial charge in [-0.1, -0.05) is 64.0 Å². The first-order valence-electron chi connectivity index (χ1n) is 8.31. The van der Waals surface area contributed by atoms with Gasteiger partial charge in [-0.15, -0.1) is 0 Å². The Morgan fingerprint density at radius 1 is 1.00 bits per heavy atom. The van der Waals surface area contributed by atoms with Crippen molar-refractivity contribution in [1.29, 1.82) is 5.26 Å². The van der Waals surface area contributed by atoms with Crippen LogP contribution >= 0.6 is 0 Å². The highest BCUT2D eigenvalue weighted by molar-refractivity contribution is 5.31. The highest BCUT2D eigenvalue weighted by atomic mass is 14.3. The van der Waals surface area contributed by atoms with Crippen LogP contribution in [-0.4, -0.2) is 0 Å². The van der Waals surface area contributed by atoms with Gasteiger partial charge in [-0.25, -0.2) is 0 Å². The third kappa shape index (κ3) is 4.67. The summed E-state index contributed by atoms with van der Waals surface area (Å²) >= 11 is 0. The number of unbranched alkanes of at least 4 members (excludes halogenated alkanes) is 1. The van der Waals surface area contributed by atoms with E-state index in [1.54, 1.807) is 0 Å². The quantitative estimate of drug-likeness (QED) is 0.670. The lowest BCUT2D eigenvalue weighted by Crippen LogP contribution is -2.15. The summed E-state index contributed by atoms with van der Waals surface area (Å²) in [5.41, 5.74) is 2.15. The summed E-state index contributed by atoms with van der Waals surface area (Å²) in [7, 11) is 0. The fourth-order valence-electron chi connectivity index (χ4n) is 3.42. The van der Waals surface area contributed by atoms with Gasteiger partial charge in [0.1, 0.15) is 0 Å². The van der Waals surface area contributed by atoms with Gasteiger partial charge in [0, 0.05) is 0 Å². The normalized spacial score (nSPS) is 22.4. The van der Waals surface area contributed by atoms with E-state index in [2.05, 4.69) is 25.1 Å². The molecule has 1 saturated carbocycles. The van der Waals surface area contributed by atoms with Crippen LogP contribution in [0.15, 0.2) is 24.3 Å². The molecule has 0 saturated heterocycles. The number of aryl methyl sites for hydroxylation is 1. The van der Waals surface area contributed by atoms with Crippen molar-refractivity contribution >= 4 is 0 Å². The molecule has 1 fully saturated rings. The lowest BCUT2D eigenvalue weighted by atomic mass is 9.78. The molecule has 0 N–H and O–H groups in total. The molecule has 0 aliphatic heterocycles. The van der Waals surface area contributed by atoms with Crippen molar-refractivity contribution in [2.45, 2.75) is 64.7 Å². The summed E-state index contributed by atoms with van der Waals surface area (Å²) in [6.07, 6.45) is 12.5. The minimum absolute atomic E-state index is 0.769. The molecular weight excluding hydrogens is 242 g/mol. The van der Waals surface area contributed by atoms with Crippen LogP contribution in [0.4, 0.5) is 0 Å². The Balaban J connectivity index is 1.69. The molecule has 0 radical (unpaired) electrons. The third-order valence-electron chi connectivity index (χ3n) is 4.86. The van der Waals surface area contributed by atoms with Crippen molar-refractivity contribution in [3.05, 3.63) is 35.4 Å². The van der Waals surface area contributed by atoms with Gasteiger partial charge < -0.3 is 0 Å². The van der Waals surface area contributed by atoms with Gasteiger partial charge >= 0.3 is 0 Å². The maximum atomic E-state index is 8.80. The van der Waals surface area contributed by atoms with E-state index in [1.165, 1.54) is 63.4 Å². The van der Waals surface area contributed by atoms with E-state index >= 15 is 0 Å². The van der Waals surface area contributed by atoms with E-state index in [-0.39, 0.29) is 0 Å². The third-order valence-corrected chi connectivity index (χ3v) is 4.86. The molecule has 0 spiro atoms. The van der Waals surface area contributed by atoms with Gasteiger partial charge in [0.25, 0.3) is 0 Å². The summed E-state index contributed by atoms with van der Waals surface area (Å²) in [6.45, 7) is 2.29. The van der Waals surface area contributed by atoms with Gasteiger partial charge in [0.2, 0.25) is 0 Å². The smallest absolute Gasteiger partial charge is 0.0991 e. The molecule has 0 atom stereocenters. The molecule has 0 unspecified atom stereocenters. The van der Waals surface area contributed by atoms with Gasteiger partial charge in [0.15, 0.2) is 0 Å². The van der Waals surface area contributed by atoms with E-state index in [0.717, 1.165) is 17.4 Å². The molecule has 0 amide bonds. The SMILES string of the molecule is CCCCC1CCC(CCc2ccc(C#N)cc2)CC1. The van der Waals surface area contributed by atoms with Crippen molar-refractivity contribution in [3.8, 4) is 6.07 Å². The average molecular weight is 269 g/mol. The Morgan fingerprint density at radius 2 is 1.60 bits per heavy atom. The van der Waals surface area contributed by atoms with E-state index < -0.39 is 0 Å². The number of nitrogens with zero attached hydrogens (tertiary/aromatic N) is 1. The van der Waals surface area contributed by atoms with Crippen molar-refractivity contribution in [1.82, 2.24) is 0 Å². The van der Waals surface area contributed by atoms with Crippen LogP contribution in [0, 0.1) is 23.2 Å². The molecular formula is C19H27N. The van der Waals surface area contributed by atoms with Crippen LogP contribution < -0.4 is 0 Å². The van der Waals surface area contributed by atoms with Crippen molar-refractivity contribution in [3.63, 3.8) is 0 Å². The first-order valence-corrected chi connectivity index (χ1v) is 8.31. The highest BCUT2D eigenvalue weighted by Gasteiger charge is 2.20. The van der Waals surface area contributed by atoms with Crippen molar-refractivity contribution in [2.24, 2.45) is 11.8 Å². The van der Waals surface area contributed by atoms with Crippen LogP contribution in [0.5, 0.6) is 0 Å². The Kier molecular flexibility index (Phi) is 6.12. The summed E-state index contributed by atoms with van der Waals surface area (Å²) in [5, 5.41) is 8.80. The van der Waals surface area contributed by atoms with E-state index in [1.807, 2.05) is 12.1 Å². The highest BCUT2D eigenvalue weighted by Crippen LogP contribution is 2.34. The molecule has 1 heteroatoms. The monoisotopic (exact) mass is 269 g/mol. The molecule has 108 valence electrons. The van der Waals surface area contributed by atoms with Gasteiger partial charge in [-0.2, -0.15) is 5.26 Å². The molecule has 1 aromatic rings. The Morgan fingerprint density at radius 3 is 2.15 bits per heavy atom. The van der Waals surface area contributed by atoms with Gasteiger partial charge in [-0.3, -0.25) is 0 Å². The van der Waals surface area contributed by atoms with Gasteiger partial charge in [0.05, 0.1) is 11.6 Å². The molecule has 20 heavy (non-hydrogen) atoms. The standard InChI is InChI=1S/C19H27N/c1-2-3-4-16-5-7-17(8-6-16)9-10-18-11-13-19(15-20)14-12-18/h11-14,16-17H,2-10H2,1H3. The first-order chi connectivity index (χ1) is 9.81. The number of benzene rings is 1. The zero-order valence-electron chi connectivity index (χ0n) is 12.8. The average Bonchev–Trinajstić information content (AvgIpc) is 2.52. The second-order valence-electron chi connectivity index (χ2n) is 6.38.